The molecule has 0 spiro atoms. The fourth-order valence-electron chi connectivity index (χ4n) is 1.44. The lowest BCUT2D eigenvalue weighted by molar-refractivity contribution is -0.124. The molecule has 2 heterocycles. The maximum absolute atomic E-state index is 11.8. The van der Waals surface area contributed by atoms with Crippen molar-refractivity contribution in [3.05, 3.63) is 17.0 Å². The first-order valence-corrected chi connectivity index (χ1v) is 5.87. The molecule has 2 amide bonds. The van der Waals surface area contributed by atoms with E-state index in [1.165, 1.54) is 11.3 Å². The van der Waals surface area contributed by atoms with Crippen LogP contribution in [-0.4, -0.2) is 30.9 Å². The molecular formula is C10H10N4O2S. The second-order valence-corrected chi connectivity index (χ2v) is 4.42. The molecule has 1 unspecified atom stereocenters. The van der Waals surface area contributed by atoms with E-state index in [4.69, 9.17) is 5.26 Å². The number of carbonyl (C=O) groups is 2. The number of hydrogen-bond donors (Lipinski definition) is 3. The molecule has 1 aliphatic rings. The average molecular weight is 250 g/mol. The minimum atomic E-state index is -0.457. The Hall–Kier alpha value is -1.91. The molecule has 1 fully saturated rings. The van der Waals surface area contributed by atoms with E-state index >= 15 is 0 Å². The van der Waals surface area contributed by atoms with Crippen LogP contribution in [0.4, 0.5) is 5.00 Å². The van der Waals surface area contributed by atoms with Crippen LogP contribution in [-0.2, 0) is 9.59 Å². The molecule has 0 radical (unpaired) electrons. The minimum absolute atomic E-state index is 0.122. The summed E-state index contributed by atoms with van der Waals surface area (Å²) in [7, 11) is 0. The van der Waals surface area contributed by atoms with Crippen molar-refractivity contribution in [1.82, 2.24) is 10.6 Å². The van der Waals surface area contributed by atoms with E-state index in [0.717, 1.165) is 0 Å². The van der Waals surface area contributed by atoms with E-state index in [0.29, 0.717) is 10.6 Å². The molecule has 1 saturated heterocycles. The van der Waals surface area contributed by atoms with Gasteiger partial charge in [0.25, 0.3) is 0 Å². The molecule has 1 atom stereocenters. The molecule has 2 rings (SSSR count). The predicted molar refractivity (Wildman–Crippen MR) is 62.5 cm³/mol. The van der Waals surface area contributed by atoms with Crippen molar-refractivity contribution in [3.8, 4) is 6.07 Å². The summed E-state index contributed by atoms with van der Waals surface area (Å²) < 4.78 is 0. The van der Waals surface area contributed by atoms with Crippen LogP contribution in [0.2, 0.25) is 0 Å². The molecule has 0 aliphatic carbocycles. The van der Waals surface area contributed by atoms with E-state index < -0.39 is 6.04 Å². The Morgan fingerprint density at radius 1 is 1.65 bits per heavy atom. The van der Waals surface area contributed by atoms with Gasteiger partial charge in [-0.1, -0.05) is 0 Å². The predicted octanol–water partition coefficient (Wildman–Crippen LogP) is -0.354. The highest BCUT2D eigenvalue weighted by Crippen LogP contribution is 2.22. The topological polar surface area (TPSA) is 94.0 Å². The molecule has 88 valence electrons. The number of thiophene rings is 1. The van der Waals surface area contributed by atoms with Crippen LogP contribution in [0.25, 0.3) is 0 Å². The lowest BCUT2D eigenvalue weighted by Gasteiger charge is -2.22. The number of carbonyl (C=O) groups excluding carboxylic acids is 2. The first-order valence-electron chi connectivity index (χ1n) is 4.99. The van der Waals surface area contributed by atoms with Gasteiger partial charge in [-0.2, -0.15) is 5.26 Å². The number of amides is 2. The van der Waals surface area contributed by atoms with Gasteiger partial charge in [0, 0.05) is 6.54 Å². The van der Waals surface area contributed by atoms with Crippen molar-refractivity contribution >= 4 is 28.2 Å². The molecule has 7 heteroatoms. The molecule has 6 nitrogen and oxygen atoms in total. The Morgan fingerprint density at radius 3 is 3.12 bits per heavy atom. The van der Waals surface area contributed by atoms with Crippen LogP contribution in [0.1, 0.15) is 5.56 Å². The van der Waals surface area contributed by atoms with Crippen molar-refractivity contribution in [2.75, 3.05) is 18.4 Å². The fourth-order valence-corrected chi connectivity index (χ4v) is 2.19. The maximum atomic E-state index is 11.8. The molecule has 3 N–H and O–H groups in total. The van der Waals surface area contributed by atoms with Crippen molar-refractivity contribution in [2.45, 2.75) is 6.04 Å². The number of rotatable bonds is 2. The third-order valence-electron chi connectivity index (χ3n) is 2.35. The van der Waals surface area contributed by atoms with E-state index in [9.17, 15) is 9.59 Å². The quantitative estimate of drug-likeness (QED) is 0.668. The zero-order chi connectivity index (χ0) is 12.3. The van der Waals surface area contributed by atoms with Gasteiger partial charge in [-0.15, -0.1) is 11.3 Å². The Balaban J connectivity index is 1.98. The zero-order valence-electron chi connectivity index (χ0n) is 8.82. The van der Waals surface area contributed by atoms with Gasteiger partial charge in [-0.3, -0.25) is 14.9 Å². The van der Waals surface area contributed by atoms with Gasteiger partial charge in [0.2, 0.25) is 11.8 Å². The Labute approximate surface area is 102 Å². The van der Waals surface area contributed by atoms with E-state index in [2.05, 4.69) is 16.0 Å². The van der Waals surface area contributed by atoms with Crippen molar-refractivity contribution in [3.63, 3.8) is 0 Å². The highest BCUT2D eigenvalue weighted by molar-refractivity contribution is 7.14. The second-order valence-electron chi connectivity index (χ2n) is 3.50. The normalized spacial score (nSPS) is 19.2. The molecule has 0 saturated carbocycles. The van der Waals surface area contributed by atoms with E-state index in [-0.39, 0.29) is 24.9 Å². The van der Waals surface area contributed by atoms with Crippen LogP contribution in [0.15, 0.2) is 11.4 Å². The summed E-state index contributed by atoms with van der Waals surface area (Å²) in [5.74, 6) is -0.369. The van der Waals surface area contributed by atoms with Crippen LogP contribution >= 0.6 is 11.3 Å². The third kappa shape index (κ3) is 2.61. The standard InChI is InChI=1S/C10H10N4O2S/c11-3-6-1-2-17-10(6)14-9(16)7-4-13-8(15)5-12-7/h1-2,7,12H,4-5H2,(H,13,15)(H,14,16). The maximum Gasteiger partial charge on any atom is 0.243 e. The molecule has 0 aromatic carbocycles. The minimum Gasteiger partial charge on any atom is -0.353 e. The summed E-state index contributed by atoms with van der Waals surface area (Å²) in [4.78, 5) is 22.7. The van der Waals surface area contributed by atoms with Crippen LogP contribution < -0.4 is 16.0 Å². The van der Waals surface area contributed by atoms with Gasteiger partial charge >= 0.3 is 0 Å². The number of nitriles is 1. The van der Waals surface area contributed by atoms with Crippen LogP contribution in [0.3, 0.4) is 0 Å². The lowest BCUT2D eigenvalue weighted by atomic mass is 10.2. The molecular weight excluding hydrogens is 240 g/mol. The van der Waals surface area contributed by atoms with E-state index in [1.54, 1.807) is 11.4 Å². The van der Waals surface area contributed by atoms with E-state index in [1.807, 2.05) is 6.07 Å². The fraction of sp³-hybridized carbons (Fsp3) is 0.300. The van der Waals surface area contributed by atoms with Gasteiger partial charge in [0.05, 0.1) is 12.1 Å². The van der Waals surface area contributed by atoms with Crippen LogP contribution in [0, 0.1) is 11.3 Å². The molecule has 1 aromatic heterocycles. The van der Waals surface area contributed by atoms with Crippen molar-refractivity contribution < 1.29 is 9.59 Å². The SMILES string of the molecule is N#Cc1ccsc1NC(=O)C1CNC(=O)CN1. The van der Waals surface area contributed by atoms with Gasteiger partial charge in [-0.25, -0.2) is 0 Å². The summed E-state index contributed by atoms with van der Waals surface area (Å²) in [6.45, 7) is 0.394. The molecule has 1 aliphatic heterocycles. The van der Waals surface area contributed by atoms with Gasteiger partial charge < -0.3 is 10.6 Å². The van der Waals surface area contributed by atoms with Crippen molar-refractivity contribution in [1.29, 1.82) is 5.26 Å². The third-order valence-corrected chi connectivity index (χ3v) is 3.18. The highest BCUT2D eigenvalue weighted by Gasteiger charge is 2.24. The average Bonchev–Trinajstić information content (AvgIpc) is 2.77. The molecule has 17 heavy (non-hydrogen) atoms. The number of nitrogens with zero attached hydrogens (tertiary/aromatic N) is 1. The number of piperazine rings is 1. The number of nitrogens with one attached hydrogen (secondary N) is 3. The Bertz CT molecular complexity index is 481. The zero-order valence-corrected chi connectivity index (χ0v) is 9.63. The summed E-state index contributed by atoms with van der Waals surface area (Å²) >= 11 is 1.30. The Morgan fingerprint density at radius 2 is 2.47 bits per heavy atom. The largest absolute Gasteiger partial charge is 0.353 e. The van der Waals surface area contributed by atoms with Crippen molar-refractivity contribution in [2.24, 2.45) is 0 Å². The summed E-state index contributed by atoms with van der Waals surface area (Å²) in [6.07, 6.45) is 0. The van der Waals surface area contributed by atoms with Crippen LogP contribution in [0.5, 0.6) is 0 Å². The van der Waals surface area contributed by atoms with Gasteiger partial charge in [0.1, 0.15) is 17.1 Å². The first kappa shape index (κ1) is 11.6. The number of hydrogen-bond acceptors (Lipinski definition) is 5. The van der Waals surface area contributed by atoms with Gasteiger partial charge in [-0.05, 0) is 11.4 Å². The smallest absolute Gasteiger partial charge is 0.243 e. The summed E-state index contributed by atoms with van der Waals surface area (Å²) in [6, 6.07) is 3.19. The Kier molecular flexibility index (Phi) is 3.37. The summed E-state index contributed by atoms with van der Waals surface area (Å²) in [5, 5.41) is 19.2. The second kappa shape index (κ2) is 4.95. The monoisotopic (exact) mass is 250 g/mol. The molecule has 0 bridgehead atoms. The first-order chi connectivity index (χ1) is 8.20. The summed E-state index contributed by atoms with van der Waals surface area (Å²) in [5.41, 5.74) is 0.447. The highest BCUT2D eigenvalue weighted by atomic mass is 32.1. The lowest BCUT2D eigenvalue weighted by Crippen LogP contribution is -2.56. The number of anilines is 1. The molecule has 1 aromatic rings. The van der Waals surface area contributed by atoms with Gasteiger partial charge in [0.15, 0.2) is 0 Å².